The van der Waals surface area contributed by atoms with Crippen molar-refractivity contribution in [2.24, 2.45) is 0 Å². The Morgan fingerprint density at radius 1 is 1.07 bits per heavy atom. The SMILES string of the molecule is CC=Cc1ccc(OCC(=O)N(C)Cc2cc(Br)ccc2OC)c(OC)c1. The Morgan fingerprint density at radius 3 is 2.44 bits per heavy atom. The van der Waals surface area contributed by atoms with Crippen molar-refractivity contribution in [1.29, 1.82) is 0 Å². The maximum Gasteiger partial charge on any atom is 0.260 e. The van der Waals surface area contributed by atoms with Crippen molar-refractivity contribution in [1.82, 2.24) is 4.90 Å². The fourth-order valence-corrected chi connectivity index (χ4v) is 2.97. The number of hydrogen-bond donors (Lipinski definition) is 0. The summed E-state index contributed by atoms with van der Waals surface area (Å²) < 4.78 is 17.3. The van der Waals surface area contributed by atoms with Crippen molar-refractivity contribution in [3.63, 3.8) is 0 Å². The fourth-order valence-electron chi connectivity index (χ4n) is 2.56. The normalized spacial score (nSPS) is 10.7. The predicted molar refractivity (Wildman–Crippen MR) is 110 cm³/mol. The molecule has 0 N–H and O–H groups in total. The summed E-state index contributed by atoms with van der Waals surface area (Å²) in [5.41, 5.74) is 1.92. The number of allylic oxidation sites excluding steroid dienone is 1. The lowest BCUT2D eigenvalue weighted by Gasteiger charge is -2.20. The zero-order valence-electron chi connectivity index (χ0n) is 16.0. The molecule has 0 fully saturated rings. The van der Waals surface area contributed by atoms with Gasteiger partial charge in [-0.2, -0.15) is 0 Å². The highest BCUT2D eigenvalue weighted by Crippen LogP contribution is 2.29. The van der Waals surface area contributed by atoms with Crippen LogP contribution in [0, 0.1) is 0 Å². The van der Waals surface area contributed by atoms with Gasteiger partial charge in [0.1, 0.15) is 5.75 Å². The third-order valence-corrected chi connectivity index (χ3v) is 4.47. The number of ether oxygens (including phenoxy) is 3. The van der Waals surface area contributed by atoms with Crippen molar-refractivity contribution < 1.29 is 19.0 Å². The Hall–Kier alpha value is -2.47. The molecule has 0 atom stereocenters. The molecule has 2 rings (SSSR count). The van der Waals surface area contributed by atoms with Crippen LogP contribution in [-0.4, -0.2) is 38.7 Å². The summed E-state index contributed by atoms with van der Waals surface area (Å²) in [5.74, 6) is 1.72. The summed E-state index contributed by atoms with van der Waals surface area (Å²) in [6, 6.07) is 11.3. The Labute approximate surface area is 168 Å². The lowest BCUT2D eigenvalue weighted by molar-refractivity contribution is -0.132. The third kappa shape index (κ3) is 5.76. The van der Waals surface area contributed by atoms with E-state index >= 15 is 0 Å². The molecule has 2 aromatic rings. The van der Waals surface area contributed by atoms with Gasteiger partial charge in [-0.15, -0.1) is 0 Å². The second-order valence-corrected chi connectivity index (χ2v) is 6.82. The summed E-state index contributed by atoms with van der Waals surface area (Å²) in [6.45, 7) is 2.29. The molecule has 0 unspecified atom stereocenters. The molecule has 0 heterocycles. The van der Waals surface area contributed by atoms with E-state index in [1.54, 1.807) is 32.2 Å². The summed E-state index contributed by atoms with van der Waals surface area (Å²) in [6.07, 6.45) is 3.92. The first-order valence-electron chi connectivity index (χ1n) is 8.48. The average molecular weight is 434 g/mol. The van der Waals surface area contributed by atoms with E-state index in [4.69, 9.17) is 14.2 Å². The van der Waals surface area contributed by atoms with Crippen LogP contribution in [0.4, 0.5) is 0 Å². The quantitative estimate of drug-likeness (QED) is 0.612. The molecule has 1 amide bonds. The number of carbonyl (C=O) groups excluding carboxylic acids is 1. The highest BCUT2D eigenvalue weighted by molar-refractivity contribution is 9.10. The minimum atomic E-state index is -0.142. The molecule has 0 aliphatic heterocycles. The van der Waals surface area contributed by atoms with Crippen LogP contribution in [0.5, 0.6) is 17.2 Å². The molecular weight excluding hydrogens is 410 g/mol. The van der Waals surface area contributed by atoms with Gasteiger partial charge in [-0.05, 0) is 42.8 Å². The minimum absolute atomic E-state index is 0.0772. The monoisotopic (exact) mass is 433 g/mol. The predicted octanol–water partition coefficient (Wildman–Crippen LogP) is 4.54. The average Bonchev–Trinajstić information content (AvgIpc) is 2.67. The van der Waals surface area contributed by atoms with Crippen LogP contribution in [0.2, 0.25) is 0 Å². The number of likely N-dealkylation sites (N-methyl/N-ethyl adjacent to an activating group) is 1. The van der Waals surface area contributed by atoms with Crippen molar-refractivity contribution in [3.05, 3.63) is 58.1 Å². The molecule has 144 valence electrons. The first kappa shape index (κ1) is 20.8. The van der Waals surface area contributed by atoms with Gasteiger partial charge < -0.3 is 19.1 Å². The molecule has 0 bridgehead atoms. The zero-order valence-corrected chi connectivity index (χ0v) is 17.6. The van der Waals surface area contributed by atoms with Crippen molar-refractivity contribution in [2.45, 2.75) is 13.5 Å². The van der Waals surface area contributed by atoms with Gasteiger partial charge in [-0.25, -0.2) is 0 Å². The van der Waals surface area contributed by atoms with Gasteiger partial charge in [-0.3, -0.25) is 4.79 Å². The van der Waals surface area contributed by atoms with Gasteiger partial charge in [-0.1, -0.05) is 34.1 Å². The Kier molecular flexibility index (Phi) is 7.73. The molecule has 0 aliphatic carbocycles. The zero-order chi connectivity index (χ0) is 19.8. The van der Waals surface area contributed by atoms with E-state index in [0.29, 0.717) is 18.0 Å². The summed E-state index contributed by atoms with van der Waals surface area (Å²) in [4.78, 5) is 14.1. The van der Waals surface area contributed by atoms with Crippen LogP contribution >= 0.6 is 15.9 Å². The maximum atomic E-state index is 12.5. The molecule has 0 saturated heterocycles. The second-order valence-electron chi connectivity index (χ2n) is 5.90. The number of amides is 1. The Balaban J connectivity index is 2.02. The van der Waals surface area contributed by atoms with Gasteiger partial charge in [0.25, 0.3) is 5.91 Å². The lowest BCUT2D eigenvalue weighted by atomic mass is 10.2. The summed E-state index contributed by atoms with van der Waals surface area (Å²) in [7, 11) is 4.93. The van der Waals surface area contributed by atoms with E-state index in [1.165, 1.54) is 0 Å². The minimum Gasteiger partial charge on any atom is -0.496 e. The highest BCUT2D eigenvalue weighted by atomic mass is 79.9. The van der Waals surface area contributed by atoms with E-state index in [-0.39, 0.29) is 12.5 Å². The molecular formula is C21H24BrNO4. The number of nitrogens with zero attached hydrogens (tertiary/aromatic N) is 1. The van der Waals surface area contributed by atoms with Crippen molar-refractivity contribution in [3.8, 4) is 17.2 Å². The van der Waals surface area contributed by atoms with Gasteiger partial charge >= 0.3 is 0 Å². The number of benzene rings is 2. The molecule has 0 aliphatic rings. The molecule has 5 nitrogen and oxygen atoms in total. The summed E-state index contributed by atoms with van der Waals surface area (Å²) >= 11 is 3.44. The number of methoxy groups -OCH3 is 2. The van der Waals surface area contributed by atoms with Crippen molar-refractivity contribution >= 4 is 27.9 Å². The van der Waals surface area contributed by atoms with E-state index < -0.39 is 0 Å². The fraction of sp³-hybridized carbons (Fsp3) is 0.286. The first-order chi connectivity index (χ1) is 13.0. The van der Waals surface area contributed by atoms with Gasteiger partial charge in [0.15, 0.2) is 18.1 Å². The molecule has 27 heavy (non-hydrogen) atoms. The van der Waals surface area contributed by atoms with Crippen LogP contribution in [0.15, 0.2) is 46.9 Å². The molecule has 2 aromatic carbocycles. The van der Waals surface area contributed by atoms with E-state index in [1.807, 2.05) is 49.4 Å². The second kappa shape index (κ2) is 10.0. The highest BCUT2D eigenvalue weighted by Gasteiger charge is 2.14. The Bertz CT molecular complexity index is 820. The number of hydrogen-bond acceptors (Lipinski definition) is 4. The smallest absolute Gasteiger partial charge is 0.260 e. The van der Waals surface area contributed by atoms with Gasteiger partial charge in [0.2, 0.25) is 0 Å². The van der Waals surface area contributed by atoms with Crippen LogP contribution in [0.25, 0.3) is 6.08 Å². The standard InChI is InChI=1S/C21H24BrNO4/c1-5-6-15-7-9-19(20(11-15)26-4)27-14-21(24)23(2)13-16-12-17(22)8-10-18(16)25-3/h5-12H,13-14H2,1-4H3. The first-order valence-corrected chi connectivity index (χ1v) is 9.27. The van der Waals surface area contributed by atoms with Crippen LogP contribution < -0.4 is 14.2 Å². The molecule has 0 aromatic heterocycles. The molecule has 0 spiro atoms. The lowest BCUT2D eigenvalue weighted by Crippen LogP contribution is -2.31. The van der Waals surface area contributed by atoms with E-state index in [2.05, 4.69) is 15.9 Å². The molecule has 0 radical (unpaired) electrons. The van der Waals surface area contributed by atoms with E-state index in [9.17, 15) is 4.79 Å². The third-order valence-electron chi connectivity index (χ3n) is 3.97. The van der Waals surface area contributed by atoms with Crippen LogP contribution in [0.1, 0.15) is 18.1 Å². The van der Waals surface area contributed by atoms with Gasteiger partial charge in [0, 0.05) is 23.6 Å². The van der Waals surface area contributed by atoms with Crippen LogP contribution in [-0.2, 0) is 11.3 Å². The van der Waals surface area contributed by atoms with Crippen LogP contribution in [0.3, 0.4) is 0 Å². The molecule has 6 heteroatoms. The van der Waals surface area contributed by atoms with Gasteiger partial charge in [0.05, 0.1) is 14.2 Å². The van der Waals surface area contributed by atoms with Crippen molar-refractivity contribution in [2.75, 3.05) is 27.9 Å². The number of carbonyl (C=O) groups is 1. The topological polar surface area (TPSA) is 48.0 Å². The number of halogens is 1. The Morgan fingerprint density at radius 2 is 1.78 bits per heavy atom. The maximum absolute atomic E-state index is 12.5. The largest absolute Gasteiger partial charge is 0.496 e. The molecule has 0 saturated carbocycles. The summed E-state index contributed by atoms with van der Waals surface area (Å²) in [5, 5.41) is 0. The number of rotatable bonds is 8. The van der Waals surface area contributed by atoms with E-state index in [0.717, 1.165) is 21.3 Å².